The van der Waals surface area contributed by atoms with Gasteiger partial charge in [-0.15, -0.1) is 0 Å². The summed E-state index contributed by atoms with van der Waals surface area (Å²) in [7, 11) is 0. The monoisotopic (exact) mass is 291 g/mol. The number of rotatable bonds is 6. The van der Waals surface area contributed by atoms with Crippen LogP contribution in [0, 0.1) is 10.1 Å². The number of nitro groups is 1. The average Bonchev–Trinajstić information content (AvgIpc) is 2.48. The predicted octanol–water partition coefficient (Wildman–Crippen LogP) is 3.79. The minimum atomic E-state index is -0.291. The van der Waals surface area contributed by atoms with Gasteiger partial charge in [0.1, 0.15) is 5.69 Å². The number of likely N-dealkylation sites (tertiary alicyclic amines) is 1. The van der Waals surface area contributed by atoms with Gasteiger partial charge < -0.3 is 5.32 Å². The Hall–Kier alpha value is -1.62. The van der Waals surface area contributed by atoms with E-state index in [1.807, 2.05) is 6.07 Å². The molecule has 1 aromatic rings. The molecule has 5 heteroatoms. The van der Waals surface area contributed by atoms with Gasteiger partial charge in [-0.05, 0) is 38.3 Å². The number of hydrogen-bond acceptors (Lipinski definition) is 4. The molecule has 1 aliphatic heterocycles. The van der Waals surface area contributed by atoms with E-state index in [1.165, 1.54) is 19.3 Å². The highest BCUT2D eigenvalue weighted by Gasteiger charge is 2.22. The molecule has 1 atom stereocenters. The second-order valence-electron chi connectivity index (χ2n) is 5.81. The molecule has 1 heterocycles. The lowest BCUT2D eigenvalue weighted by atomic mass is 10.0. The summed E-state index contributed by atoms with van der Waals surface area (Å²) in [6.45, 7) is 6.93. The number of hydrogen-bond donors (Lipinski definition) is 1. The van der Waals surface area contributed by atoms with Gasteiger partial charge in [0.05, 0.1) is 4.92 Å². The smallest absolute Gasteiger partial charge is 0.292 e. The maximum atomic E-state index is 11.2. The van der Waals surface area contributed by atoms with E-state index in [0.717, 1.165) is 31.6 Å². The Labute approximate surface area is 126 Å². The molecular weight excluding hydrogens is 266 g/mol. The minimum absolute atomic E-state index is 0.186. The molecule has 0 saturated carbocycles. The van der Waals surface area contributed by atoms with Crippen molar-refractivity contribution in [3.8, 4) is 0 Å². The highest BCUT2D eigenvalue weighted by atomic mass is 16.6. The summed E-state index contributed by atoms with van der Waals surface area (Å²) in [5.41, 5.74) is 1.92. The van der Waals surface area contributed by atoms with E-state index < -0.39 is 0 Å². The van der Waals surface area contributed by atoms with Crippen LogP contribution in [0.15, 0.2) is 18.2 Å². The van der Waals surface area contributed by atoms with Gasteiger partial charge >= 0.3 is 0 Å². The first-order valence-electron chi connectivity index (χ1n) is 7.87. The van der Waals surface area contributed by atoms with Gasteiger partial charge in [0.2, 0.25) is 0 Å². The summed E-state index contributed by atoms with van der Waals surface area (Å²) >= 11 is 0. The number of benzene rings is 1. The summed E-state index contributed by atoms with van der Waals surface area (Å²) in [6, 6.07) is 5.93. The molecule has 1 aromatic carbocycles. The first-order valence-corrected chi connectivity index (χ1v) is 7.87. The van der Waals surface area contributed by atoms with E-state index in [4.69, 9.17) is 0 Å². The standard InChI is InChI=1S/C16H25N3O2/c1-3-10-17-16-14(8-6-9-15(16)19(20)21)12-18-11-5-4-7-13(18)2/h6,8-9,13,17H,3-5,7,10-12H2,1-2H3. The first-order chi connectivity index (χ1) is 10.1. The zero-order valence-electron chi connectivity index (χ0n) is 13.0. The lowest BCUT2D eigenvalue weighted by Gasteiger charge is -2.33. The van der Waals surface area contributed by atoms with Crippen LogP contribution in [0.3, 0.4) is 0 Å². The molecule has 21 heavy (non-hydrogen) atoms. The largest absolute Gasteiger partial charge is 0.379 e. The maximum absolute atomic E-state index is 11.2. The summed E-state index contributed by atoms with van der Waals surface area (Å²) in [5.74, 6) is 0. The SMILES string of the molecule is CCCNc1c(CN2CCCCC2C)cccc1[N+](=O)[O-]. The van der Waals surface area contributed by atoms with E-state index in [9.17, 15) is 10.1 Å². The topological polar surface area (TPSA) is 58.4 Å². The Morgan fingerprint density at radius 3 is 2.90 bits per heavy atom. The van der Waals surface area contributed by atoms with Crippen LogP contribution in [-0.4, -0.2) is 29.0 Å². The molecule has 5 nitrogen and oxygen atoms in total. The summed E-state index contributed by atoms with van der Waals surface area (Å²) in [4.78, 5) is 13.4. The fourth-order valence-corrected chi connectivity index (χ4v) is 2.94. The van der Waals surface area contributed by atoms with Crippen LogP contribution in [0.4, 0.5) is 11.4 Å². The fourth-order valence-electron chi connectivity index (χ4n) is 2.94. The van der Waals surface area contributed by atoms with Crippen LogP contribution < -0.4 is 5.32 Å². The maximum Gasteiger partial charge on any atom is 0.292 e. The quantitative estimate of drug-likeness (QED) is 0.640. The Balaban J connectivity index is 2.24. The van der Waals surface area contributed by atoms with Crippen molar-refractivity contribution in [3.05, 3.63) is 33.9 Å². The lowest BCUT2D eigenvalue weighted by molar-refractivity contribution is -0.384. The van der Waals surface area contributed by atoms with Gasteiger partial charge in [-0.3, -0.25) is 15.0 Å². The Morgan fingerprint density at radius 1 is 1.43 bits per heavy atom. The number of piperidine rings is 1. The fraction of sp³-hybridized carbons (Fsp3) is 0.625. The summed E-state index contributed by atoms with van der Waals surface area (Å²) in [6.07, 6.45) is 4.67. The molecule has 116 valence electrons. The van der Waals surface area contributed by atoms with Crippen LogP contribution in [0.2, 0.25) is 0 Å². The molecule has 1 fully saturated rings. The van der Waals surface area contributed by atoms with Crippen molar-refractivity contribution in [1.29, 1.82) is 0 Å². The van der Waals surface area contributed by atoms with Crippen LogP contribution in [0.25, 0.3) is 0 Å². The third-order valence-corrected chi connectivity index (χ3v) is 4.19. The molecule has 1 aliphatic rings. The molecule has 1 N–H and O–H groups in total. The average molecular weight is 291 g/mol. The molecule has 1 unspecified atom stereocenters. The highest BCUT2D eigenvalue weighted by molar-refractivity contribution is 5.66. The van der Waals surface area contributed by atoms with E-state index >= 15 is 0 Å². The second kappa shape index (κ2) is 7.41. The minimum Gasteiger partial charge on any atom is -0.379 e. The first kappa shape index (κ1) is 15.8. The molecule has 0 aliphatic carbocycles. The van der Waals surface area contributed by atoms with Crippen LogP contribution >= 0.6 is 0 Å². The van der Waals surface area contributed by atoms with Crippen LogP contribution in [-0.2, 0) is 6.54 Å². The normalized spacial score (nSPS) is 19.4. The van der Waals surface area contributed by atoms with Crippen molar-refractivity contribution in [2.75, 3.05) is 18.4 Å². The second-order valence-corrected chi connectivity index (χ2v) is 5.81. The zero-order chi connectivity index (χ0) is 15.2. The zero-order valence-corrected chi connectivity index (χ0v) is 13.0. The third kappa shape index (κ3) is 3.94. The van der Waals surface area contributed by atoms with Gasteiger partial charge in [-0.2, -0.15) is 0 Å². The van der Waals surface area contributed by atoms with Crippen molar-refractivity contribution in [2.24, 2.45) is 0 Å². The lowest BCUT2D eigenvalue weighted by Crippen LogP contribution is -2.36. The molecule has 0 radical (unpaired) electrons. The van der Waals surface area contributed by atoms with E-state index in [2.05, 4.69) is 24.1 Å². The Bertz CT molecular complexity index is 490. The van der Waals surface area contributed by atoms with Gasteiger partial charge in [-0.1, -0.05) is 25.5 Å². The molecule has 0 aromatic heterocycles. The van der Waals surface area contributed by atoms with Crippen LogP contribution in [0.1, 0.15) is 45.1 Å². The van der Waals surface area contributed by atoms with Gasteiger partial charge in [-0.25, -0.2) is 0 Å². The third-order valence-electron chi connectivity index (χ3n) is 4.19. The van der Waals surface area contributed by atoms with E-state index in [1.54, 1.807) is 12.1 Å². The molecule has 2 rings (SSSR count). The van der Waals surface area contributed by atoms with Crippen molar-refractivity contribution in [1.82, 2.24) is 4.90 Å². The predicted molar refractivity (Wildman–Crippen MR) is 85.6 cm³/mol. The molecular formula is C16H25N3O2. The van der Waals surface area contributed by atoms with E-state index in [-0.39, 0.29) is 10.6 Å². The number of para-hydroxylation sites is 1. The molecule has 0 bridgehead atoms. The van der Waals surface area contributed by atoms with Gasteiger partial charge in [0, 0.05) is 25.2 Å². The number of nitrogens with one attached hydrogen (secondary N) is 1. The van der Waals surface area contributed by atoms with Crippen molar-refractivity contribution < 1.29 is 4.92 Å². The number of nitro benzene ring substituents is 1. The molecule has 0 spiro atoms. The van der Waals surface area contributed by atoms with Crippen molar-refractivity contribution in [2.45, 2.75) is 52.1 Å². The molecule has 0 amide bonds. The van der Waals surface area contributed by atoms with Crippen molar-refractivity contribution >= 4 is 11.4 Å². The van der Waals surface area contributed by atoms with Gasteiger partial charge in [0.15, 0.2) is 0 Å². The van der Waals surface area contributed by atoms with Crippen LogP contribution in [0.5, 0.6) is 0 Å². The number of anilines is 1. The van der Waals surface area contributed by atoms with E-state index in [0.29, 0.717) is 11.7 Å². The Kier molecular flexibility index (Phi) is 5.56. The summed E-state index contributed by atoms with van der Waals surface area (Å²) in [5, 5.41) is 14.5. The van der Waals surface area contributed by atoms with Crippen molar-refractivity contribution in [3.63, 3.8) is 0 Å². The van der Waals surface area contributed by atoms with Gasteiger partial charge in [0.25, 0.3) is 5.69 Å². The molecule has 1 saturated heterocycles. The number of nitrogens with zero attached hydrogens (tertiary/aromatic N) is 2. The highest BCUT2D eigenvalue weighted by Crippen LogP contribution is 2.30. The summed E-state index contributed by atoms with van der Waals surface area (Å²) < 4.78 is 0. The Morgan fingerprint density at radius 2 is 2.24 bits per heavy atom.